The van der Waals surface area contributed by atoms with Gasteiger partial charge < -0.3 is 10.1 Å². The fourth-order valence-electron chi connectivity index (χ4n) is 2.93. The van der Waals surface area contributed by atoms with Crippen molar-refractivity contribution in [1.29, 1.82) is 0 Å². The van der Waals surface area contributed by atoms with Gasteiger partial charge in [-0.15, -0.1) is 0 Å². The molecule has 1 aromatic rings. The number of ether oxygens (including phenoxy) is 1. The van der Waals surface area contributed by atoms with Gasteiger partial charge in [-0.2, -0.15) is 0 Å². The van der Waals surface area contributed by atoms with Crippen molar-refractivity contribution < 1.29 is 4.74 Å². The average molecular weight is 341 g/mol. The highest BCUT2D eigenvalue weighted by molar-refractivity contribution is 9.10. The molecule has 4 heteroatoms. The van der Waals surface area contributed by atoms with Crippen molar-refractivity contribution in [1.82, 2.24) is 10.2 Å². The molecule has 2 atom stereocenters. The van der Waals surface area contributed by atoms with Gasteiger partial charge in [0.25, 0.3) is 0 Å². The molecule has 1 N–H and O–H groups in total. The second-order valence-electron chi connectivity index (χ2n) is 5.45. The van der Waals surface area contributed by atoms with E-state index in [1.807, 2.05) is 6.07 Å². The number of nitrogens with zero attached hydrogens (tertiary/aromatic N) is 1. The van der Waals surface area contributed by atoms with Gasteiger partial charge in [-0.25, -0.2) is 0 Å². The van der Waals surface area contributed by atoms with E-state index >= 15 is 0 Å². The summed E-state index contributed by atoms with van der Waals surface area (Å²) in [6.45, 7) is 7.96. The van der Waals surface area contributed by atoms with Crippen LogP contribution in [0.25, 0.3) is 0 Å². The standard InChI is InChI=1S/C16H25BrN2O/c1-4-19-9-5-6-14(19)11-18-12(2)13-7-8-16(20-3)15(17)10-13/h7-8,10,12,14,18H,4-6,9,11H2,1-3H3. The average Bonchev–Trinajstić information content (AvgIpc) is 2.92. The summed E-state index contributed by atoms with van der Waals surface area (Å²) in [7, 11) is 1.70. The van der Waals surface area contributed by atoms with Crippen LogP contribution in [0.1, 0.15) is 38.3 Å². The molecule has 0 bridgehead atoms. The molecule has 3 nitrogen and oxygen atoms in total. The first-order valence-electron chi connectivity index (χ1n) is 7.46. The lowest BCUT2D eigenvalue weighted by atomic mass is 10.1. The molecule has 1 heterocycles. The van der Waals surface area contributed by atoms with Crippen LogP contribution in [-0.4, -0.2) is 37.7 Å². The first-order valence-corrected chi connectivity index (χ1v) is 8.25. The third-order valence-electron chi connectivity index (χ3n) is 4.24. The van der Waals surface area contributed by atoms with Crippen molar-refractivity contribution in [3.63, 3.8) is 0 Å². The van der Waals surface area contributed by atoms with E-state index in [0.717, 1.165) is 23.3 Å². The van der Waals surface area contributed by atoms with Crippen LogP contribution >= 0.6 is 15.9 Å². The fourth-order valence-corrected chi connectivity index (χ4v) is 3.48. The highest BCUT2D eigenvalue weighted by Gasteiger charge is 2.23. The van der Waals surface area contributed by atoms with Crippen molar-refractivity contribution >= 4 is 15.9 Å². The van der Waals surface area contributed by atoms with E-state index in [1.165, 1.54) is 24.9 Å². The minimum Gasteiger partial charge on any atom is -0.496 e. The molecule has 0 amide bonds. The van der Waals surface area contributed by atoms with Crippen LogP contribution in [0.3, 0.4) is 0 Å². The highest BCUT2D eigenvalue weighted by atomic mass is 79.9. The minimum atomic E-state index is 0.358. The van der Waals surface area contributed by atoms with Crippen molar-refractivity contribution in [2.45, 2.75) is 38.8 Å². The largest absolute Gasteiger partial charge is 0.496 e. The fraction of sp³-hybridized carbons (Fsp3) is 0.625. The molecular formula is C16H25BrN2O. The van der Waals surface area contributed by atoms with Crippen LogP contribution in [0.2, 0.25) is 0 Å². The van der Waals surface area contributed by atoms with Gasteiger partial charge in [0.15, 0.2) is 0 Å². The second kappa shape index (κ2) is 7.43. The third-order valence-corrected chi connectivity index (χ3v) is 4.86. The lowest BCUT2D eigenvalue weighted by Crippen LogP contribution is -2.38. The van der Waals surface area contributed by atoms with Crippen molar-refractivity contribution in [2.75, 3.05) is 26.7 Å². The predicted octanol–water partition coefficient (Wildman–Crippen LogP) is 3.59. The Morgan fingerprint density at radius 2 is 2.30 bits per heavy atom. The molecule has 0 aliphatic carbocycles. The maximum Gasteiger partial charge on any atom is 0.133 e. The number of benzene rings is 1. The maximum atomic E-state index is 5.28. The summed E-state index contributed by atoms with van der Waals surface area (Å²) >= 11 is 3.55. The van der Waals surface area contributed by atoms with Gasteiger partial charge in [-0.3, -0.25) is 4.90 Å². The number of likely N-dealkylation sites (tertiary alicyclic amines) is 1. The van der Waals surface area contributed by atoms with Crippen molar-refractivity contribution in [3.8, 4) is 5.75 Å². The summed E-state index contributed by atoms with van der Waals surface area (Å²) in [6.07, 6.45) is 2.66. The van der Waals surface area contributed by atoms with E-state index in [4.69, 9.17) is 4.74 Å². The lowest BCUT2D eigenvalue weighted by molar-refractivity contribution is 0.255. The molecule has 112 valence electrons. The number of methoxy groups -OCH3 is 1. The second-order valence-corrected chi connectivity index (χ2v) is 6.30. The molecule has 0 aromatic heterocycles. The van der Waals surface area contributed by atoms with Gasteiger partial charge in [0.1, 0.15) is 5.75 Å². The number of likely N-dealkylation sites (N-methyl/N-ethyl adjacent to an activating group) is 1. The van der Waals surface area contributed by atoms with Gasteiger partial charge in [0.05, 0.1) is 11.6 Å². The quantitative estimate of drug-likeness (QED) is 0.856. The number of rotatable bonds is 6. The Morgan fingerprint density at radius 3 is 2.95 bits per heavy atom. The Labute approximate surface area is 130 Å². The van der Waals surface area contributed by atoms with Crippen LogP contribution in [0, 0.1) is 0 Å². The summed E-state index contributed by atoms with van der Waals surface area (Å²) in [4.78, 5) is 2.57. The first kappa shape index (κ1) is 15.8. The monoisotopic (exact) mass is 340 g/mol. The van der Waals surface area contributed by atoms with E-state index in [1.54, 1.807) is 7.11 Å². The molecule has 0 spiro atoms. The topological polar surface area (TPSA) is 24.5 Å². The van der Waals surface area contributed by atoms with E-state index in [2.05, 4.69) is 52.1 Å². The molecule has 1 saturated heterocycles. The number of halogens is 1. The molecule has 1 aliphatic heterocycles. The maximum absolute atomic E-state index is 5.28. The van der Waals surface area contributed by atoms with Crippen LogP contribution in [-0.2, 0) is 0 Å². The van der Waals surface area contributed by atoms with E-state index in [-0.39, 0.29) is 0 Å². The summed E-state index contributed by atoms with van der Waals surface area (Å²) in [6, 6.07) is 7.35. The summed E-state index contributed by atoms with van der Waals surface area (Å²) in [5.41, 5.74) is 1.29. The van der Waals surface area contributed by atoms with Gasteiger partial charge in [0, 0.05) is 18.6 Å². The Hall–Kier alpha value is -0.580. The zero-order valence-electron chi connectivity index (χ0n) is 12.7. The van der Waals surface area contributed by atoms with Crippen LogP contribution in [0.5, 0.6) is 5.75 Å². The SMILES string of the molecule is CCN1CCCC1CNC(C)c1ccc(OC)c(Br)c1. The smallest absolute Gasteiger partial charge is 0.133 e. The van der Waals surface area contributed by atoms with Gasteiger partial charge >= 0.3 is 0 Å². The zero-order valence-corrected chi connectivity index (χ0v) is 14.2. The van der Waals surface area contributed by atoms with E-state index in [0.29, 0.717) is 12.1 Å². The first-order chi connectivity index (χ1) is 9.65. The molecule has 1 aliphatic rings. The molecule has 1 aromatic carbocycles. The van der Waals surface area contributed by atoms with Gasteiger partial charge in [-0.1, -0.05) is 13.0 Å². The van der Waals surface area contributed by atoms with E-state index in [9.17, 15) is 0 Å². The van der Waals surface area contributed by atoms with Gasteiger partial charge in [0.2, 0.25) is 0 Å². The number of hydrogen-bond donors (Lipinski definition) is 1. The van der Waals surface area contributed by atoms with Crippen molar-refractivity contribution in [3.05, 3.63) is 28.2 Å². The Morgan fingerprint density at radius 1 is 1.50 bits per heavy atom. The lowest BCUT2D eigenvalue weighted by Gasteiger charge is -2.25. The van der Waals surface area contributed by atoms with Crippen LogP contribution in [0.15, 0.2) is 22.7 Å². The molecule has 20 heavy (non-hydrogen) atoms. The molecule has 2 rings (SSSR count). The molecule has 2 unspecified atom stereocenters. The van der Waals surface area contributed by atoms with Gasteiger partial charge in [-0.05, 0) is 66.5 Å². The highest BCUT2D eigenvalue weighted by Crippen LogP contribution is 2.28. The minimum absolute atomic E-state index is 0.358. The molecule has 1 fully saturated rings. The normalized spacial score (nSPS) is 21.1. The molecular weight excluding hydrogens is 316 g/mol. The number of hydrogen-bond acceptors (Lipinski definition) is 3. The van der Waals surface area contributed by atoms with Crippen molar-refractivity contribution in [2.24, 2.45) is 0 Å². The summed E-state index contributed by atoms with van der Waals surface area (Å²) < 4.78 is 6.29. The predicted molar refractivity (Wildman–Crippen MR) is 87.4 cm³/mol. The number of nitrogens with one attached hydrogen (secondary N) is 1. The summed E-state index contributed by atoms with van der Waals surface area (Å²) in [5.74, 6) is 0.883. The third kappa shape index (κ3) is 3.74. The van der Waals surface area contributed by atoms with Crippen LogP contribution < -0.4 is 10.1 Å². The summed E-state index contributed by atoms with van der Waals surface area (Å²) in [5, 5.41) is 3.67. The van der Waals surface area contributed by atoms with Crippen LogP contribution in [0.4, 0.5) is 0 Å². The van der Waals surface area contributed by atoms with E-state index < -0.39 is 0 Å². The Bertz CT molecular complexity index is 438. The Balaban J connectivity index is 1.91. The molecule has 0 radical (unpaired) electrons. The molecule has 0 saturated carbocycles. The Kier molecular flexibility index (Phi) is 5.87. The zero-order chi connectivity index (χ0) is 14.5.